The van der Waals surface area contributed by atoms with Crippen LogP contribution in [0.3, 0.4) is 0 Å². The minimum atomic E-state index is 0.0148. The van der Waals surface area contributed by atoms with Crippen molar-refractivity contribution < 1.29 is 0 Å². The van der Waals surface area contributed by atoms with Gasteiger partial charge < -0.3 is 14.4 Å². The van der Waals surface area contributed by atoms with Crippen molar-refractivity contribution >= 4 is 98.1 Å². The van der Waals surface area contributed by atoms with Gasteiger partial charge in [0.2, 0.25) is 0 Å². The average Bonchev–Trinajstić information content (AvgIpc) is 3.97. The van der Waals surface area contributed by atoms with Crippen LogP contribution in [0.25, 0.3) is 109 Å². The van der Waals surface area contributed by atoms with Crippen LogP contribution in [0.2, 0.25) is 0 Å². The summed E-state index contributed by atoms with van der Waals surface area (Å²) >= 11 is 0. The van der Waals surface area contributed by atoms with Crippen LogP contribution in [0, 0.1) is 0 Å². The molecule has 0 bridgehead atoms. The Morgan fingerprint density at radius 2 is 0.815 bits per heavy atom. The average molecular weight is 691 g/mol. The summed E-state index contributed by atoms with van der Waals surface area (Å²) in [7, 11) is 0. The number of H-pyrrole nitrogens is 2. The third kappa shape index (κ3) is 3.85. The quantitative estimate of drug-likeness (QED) is 0.177. The first-order chi connectivity index (χ1) is 26.7. The van der Waals surface area contributed by atoms with E-state index in [1.807, 2.05) is 34.7 Å². The summed E-state index contributed by atoms with van der Waals surface area (Å²) in [6, 6.07) is 58.9. The third-order valence-electron chi connectivity index (χ3n) is 11.4. The van der Waals surface area contributed by atoms with Crippen molar-refractivity contribution in [3.63, 3.8) is 0 Å². The van der Waals surface area contributed by atoms with E-state index in [9.17, 15) is 4.79 Å². The molecule has 0 aliphatic heterocycles. The summed E-state index contributed by atoms with van der Waals surface area (Å²) in [6.07, 6.45) is 0. The number of nitrogens with one attached hydrogen (secondary N) is 2. The molecule has 5 heterocycles. The maximum absolute atomic E-state index is 14.5. The van der Waals surface area contributed by atoms with E-state index in [2.05, 4.69) is 154 Å². The Hall–Kier alpha value is -7.37. The summed E-state index contributed by atoms with van der Waals surface area (Å²) in [6.45, 7) is 0. The predicted octanol–water partition coefficient (Wildman–Crippen LogP) is 12.2. The number of hydrogen-bond acceptors (Lipinski definition) is 1. The Morgan fingerprint density at radius 1 is 0.352 bits per heavy atom. The molecule has 0 fully saturated rings. The van der Waals surface area contributed by atoms with Crippen molar-refractivity contribution in [2.75, 3.05) is 0 Å². The van der Waals surface area contributed by atoms with Crippen LogP contribution in [0.4, 0.5) is 0 Å². The van der Waals surface area contributed by atoms with E-state index in [-0.39, 0.29) is 5.56 Å². The Balaban J connectivity index is 0.000000138. The molecule has 8 aromatic carbocycles. The van der Waals surface area contributed by atoms with Gasteiger partial charge in [0.25, 0.3) is 5.56 Å². The Kier molecular flexibility index (Phi) is 5.86. The van der Waals surface area contributed by atoms with Crippen LogP contribution >= 0.6 is 0 Å². The molecule has 2 N–H and O–H groups in total. The second kappa shape index (κ2) is 10.8. The standard InChI is InChI=1S/C31H18N2O.C18H12N2/c34-31-28-20(19-9-2-1-3-10-19)13-8-16-27(28)32-25-14-6-4-11-21(25)23-17-18-24-22-12-5-7-15-26(22)33(31)30(24)29(23)32;1-3-7-15-11(5-1)13-9-10-14-12-6-2-4-8-16(12)20-18(14)17(13)19-15/h1-18H;1-10,19-20H. The zero-order valence-corrected chi connectivity index (χ0v) is 29.0. The summed E-state index contributed by atoms with van der Waals surface area (Å²) in [4.78, 5) is 21.6. The highest BCUT2D eigenvalue weighted by Gasteiger charge is 2.22. The van der Waals surface area contributed by atoms with Crippen molar-refractivity contribution in [1.29, 1.82) is 0 Å². The molecule has 0 unspecified atom stereocenters. The first kappa shape index (κ1) is 29.2. The molecule has 54 heavy (non-hydrogen) atoms. The van der Waals surface area contributed by atoms with Gasteiger partial charge in [-0.1, -0.05) is 140 Å². The summed E-state index contributed by atoms with van der Waals surface area (Å²) < 4.78 is 4.25. The molecule has 0 saturated carbocycles. The lowest BCUT2D eigenvalue weighted by Gasteiger charge is -2.06. The van der Waals surface area contributed by atoms with Crippen LogP contribution in [-0.4, -0.2) is 18.8 Å². The molecule has 0 saturated heterocycles. The zero-order valence-electron chi connectivity index (χ0n) is 29.0. The Bertz CT molecular complexity index is 3610. The number of rotatable bonds is 1. The summed E-state index contributed by atoms with van der Waals surface area (Å²) in [5.74, 6) is 0. The molecule has 13 rings (SSSR count). The number of aromatic amines is 2. The largest absolute Gasteiger partial charge is 0.353 e. The van der Waals surface area contributed by atoms with Crippen LogP contribution in [-0.2, 0) is 0 Å². The van der Waals surface area contributed by atoms with Crippen molar-refractivity contribution in [3.8, 4) is 11.1 Å². The highest BCUT2D eigenvalue weighted by Crippen LogP contribution is 2.40. The van der Waals surface area contributed by atoms with Crippen LogP contribution in [0.5, 0.6) is 0 Å². The Labute approximate surface area is 307 Å². The zero-order chi connectivity index (χ0) is 35.5. The Morgan fingerprint density at radius 3 is 1.43 bits per heavy atom. The number of fused-ring (bicyclic) bond motifs is 15. The van der Waals surface area contributed by atoms with Gasteiger partial charge in [0.1, 0.15) is 0 Å². The molecule has 5 aromatic heterocycles. The van der Waals surface area contributed by atoms with Crippen LogP contribution in [0.15, 0.2) is 175 Å². The second-order valence-electron chi connectivity index (χ2n) is 14.2. The van der Waals surface area contributed by atoms with Crippen LogP contribution < -0.4 is 5.56 Å². The molecule has 0 spiro atoms. The topological polar surface area (TPSA) is 57.5 Å². The lowest BCUT2D eigenvalue weighted by molar-refractivity contribution is 1.22. The van der Waals surface area contributed by atoms with E-state index in [0.29, 0.717) is 0 Å². The van der Waals surface area contributed by atoms with Gasteiger partial charge in [-0.05, 0) is 41.5 Å². The molecular weight excluding hydrogens is 661 g/mol. The van der Waals surface area contributed by atoms with Gasteiger partial charge in [0, 0.05) is 54.1 Å². The van der Waals surface area contributed by atoms with E-state index in [1.54, 1.807) is 0 Å². The van der Waals surface area contributed by atoms with E-state index < -0.39 is 0 Å². The normalized spacial score (nSPS) is 12.1. The molecular formula is C49H30N4O. The van der Waals surface area contributed by atoms with Gasteiger partial charge >= 0.3 is 0 Å². The summed E-state index contributed by atoms with van der Waals surface area (Å²) in [5, 5.41) is 10.4. The number of nitrogens with zero attached hydrogens (tertiary/aromatic N) is 2. The number of benzene rings is 8. The lowest BCUT2D eigenvalue weighted by Crippen LogP contribution is -2.10. The van der Waals surface area contributed by atoms with Crippen LogP contribution in [0.1, 0.15) is 0 Å². The fourth-order valence-electron chi connectivity index (χ4n) is 9.12. The van der Waals surface area contributed by atoms with Gasteiger partial charge in [0.15, 0.2) is 0 Å². The smallest absolute Gasteiger partial charge is 0.265 e. The van der Waals surface area contributed by atoms with Gasteiger partial charge in [-0.3, -0.25) is 9.20 Å². The molecule has 5 heteroatoms. The minimum absolute atomic E-state index is 0.0148. The minimum Gasteiger partial charge on any atom is -0.353 e. The molecule has 13 aromatic rings. The second-order valence-corrected chi connectivity index (χ2v) is 14.2. The number of hydrogen-bond donors (Lipinski definition) is 2. The monoisotopic (exact) mass is 690 g/mol. The molecule has 0 amide bonds. The van der Waals surface area contributed by atoms with Gasteiger partial charge in [0.05, 0.1) is 44.0 Å². The van der Waals surface area contributed by atoms with Gasteiger partial charge in [-0.15, -0.1) is 0 Å². The van der Waals surface area contributed by atoms with Crippen molar-refractivity contribution in [2.45, 2.75) is 0 Å². The fraction of sp³-hybridized carbons (Fsp3) is 0. The van der Waals surface area contributed by atoms with Crippen molar-refractivity contribution in [2.24, 2.45) is 0 Å². The number of aromatic nitrogens is 4. The highest BCUT2D eigenvalue weighted by molar-refractivity contribution is 6.24. The third-order valence-corrected chi connectivity index (χ3v) is 11.4. The molecule has 0 aliphatic carbocycles. The first-order valence-electron chi connectivity index (χ1n) is 18.3. The first-order valence-corrected chi connectivity index (χ1v) is 18.3. The van der Waals surface area contributed by atoms with Crippen molar-refractivity contribution in [3.05, 3.63) is 180 Å². The van der Waals surface area contributed by atoms with E-state index in [0.717, 1.165) is 60.3 Å². The summed E-state index contributed by atoms with van der Waals surface area (Å²) in [5.41, 5.74) is 11.8. The van der Waals surface area contributed by atoms with E-state index in [1.165, 1.54) is 49.0 Å². The van der Waals surface area contributed by atoms with E-state index >= 15 is 0 Å². The fourth-order valence-corrected chi connectivity index (χ4v) is 9.12. The highest BCUT2D eigenvalue weighted by atomic mass is 16.1. The lowest BCUT2D eigenvalue weighted by atomic mass is 10.0. The predicted molar refractivity (Wildman–Crippen MR) is 226 cm³/mol. The molecule has 0 atom stereocenters. The van der Waals surface area contributed by atoms with E-state index in [4.69, 9.17) is 0 Å². The maximum atomic E-state index is 14.5. The number of para-hydroxylation sites is 4. The molecule has 252 valence electrons. The maximum Gasteiger partial charge on any atom is 0.265 e. The molecule has 0 radical (unpaired) electrons. The molecule has 5 nitrogen and oxygen atoms in total. The SMILES string of the molecule is O=c1c2c(-c3ccccc3)cccc2n2c3ccccc3c3ccc4c5ccccc5n1c4c32.c1ccc2c(c1)[nH]c1c2ccc2c3ccccc3[nH]c21. The van der Waals surface area contributed by atoms with Gasteiger partial charge in [-0.25, -0.2) is 0 Å². The molecule has 0 aliphatic rings. The van der Waals surface area contributed by atoms with Gasteiger partial charge in [-0.2, -0.15) is 0 Å². The van der Waals surface area contributed by atoms with Crippen molar-refractivity contribution in [1.82, 2.24) is 18.8 Å².